The fraction of sp³-hybridized carbons (Fsp3) is 0.750. The summed E-state index contributed by atoms with van der Waals surface area (Å²) in [4.78, 5) is 11.3. The van der Waals surface area contributed by atoms with E-state index < -0.39 is 5.60 Å². The third kappa shape index (κ3) is 10.2. The molecular weight excluding hydrogens is 284 g/mol. The van der Waals surface area contributed by atoms with Crippen LogP contribution in [-0.4, -0.2) is 30.1 Å². The van der Waals surface area contributed by atoms with Gasteiger partial charge in [-0.2, -0.15) is 0 Å². The lowest BCUT2D eigenvalue weighted by Gasteiger charge is -2.19. The van der Waals surface area contributed by atoms with Crippen LogP contribution >= 0.6 is 15.9 Å². The number of halogens is 1. The molecule has 0 aliphatic rings. The Morgan fingerprint density at radius 2 is 1.88 bits per heavy atom. The van der Waals surface area contributed by atoms with E-state index >= 15 is 0 Å². The second-order valence-corrected chi connectivity index (χ2v) is 5.19. The zero-order chi connectivity index (χ0) is 13.3. The maximum atomic E-state index is 11.3. The minimum absolute atomic E-state index is 0.376. The summed E-state index contributed by atoms with van der Waals surface area (Å²) in [6.07, 6.45) is 2.73. The number of hydrogen-bond acceptors (Lipinski definition) is 3. The summed E-state index contributed by atoms with van der Waals surface area (Å²) < 4.78 is 5.12. The Labute approximate surface area is 112 Å². The minimum atomic E-state index is -0.444. The standard InChI is InChI=1S/C12H23BrN2O2/c1-5-6-10(9-13)14-7-8-15-11(16)17-12(2,3)4/h6,14H,5,7-9H2,1-4H3,(H,15,16). The fourth-order valence-electron chi connectivity index (χ4n) is 1.12. The third-order valence-electron chi connectivity index (χ3n) is 1.74. The number of amides is 1. The highest BCUT2D eigenvalue weighted by molar-refractivity contribution is 9.09. The van der Waals surface area contributed by atoms with Gasteiger partial charge in [-0.25, -0.2) is 4.79 Å². The molecule has 100 valence electrons. The molecule has 0 unspecified atom stereocenters. The summed E-state index contributed by atoms with van der Waals surface area (Å²) in [5, 5.41) is 6.73. The van der Waals surface area contributed by atoms with Crippen LogP contribution in [0.3, 0.4) is 0 Å². The molecular formula is C12H23BrN2O2. The molecule has 4 nitrogen and oxygen atoms in total. The highest BCUT2D eigenvalue weighted by Crippen LogP contribution is 2.06. The van der Waals surface area contributed by atoms with E-state index in [0.717, 1.165) is 17.4 Å². The quantitative estimate of drug-likeness (QED) is 0.586. The largest absolute Gasteiger partial charge is 0.444 e. The Kier molecular flexibility index (Phi) is 8.04. The number of rotatable bonds is 6. The van der Waals surface area contributed by atoms with Gasteiger partial charge >= 0.3 is 6.09 Å². The van der Waals surface area contributed by atoms with E-state index in [9.17, 15) is 4.79 Å². The maximum Gasteiger partial charge on any atom is 0.407 e. The van der Waals surface area contributed by atoms with E-state index in [4.69, 9.17) is 4.74 Å². The van der Waals surface area contributed by atoms with Crippen LogP contribution in [0.1, 0.15) is 34.1 Å². The number of carbonyl (C=O) groups is 1. The predicted octanol–water partition coefficient (Wildman–Crippen LogP) is 2.79. The molecule has 0 atom stereocenters. The van der Waals surface area contributed by atoms with Crippen LogP contribution in [-0.2, 0) is 4.74 Å². The molecule has 0 heterocycles. The zero-order valence-electron chi connectivity index (χ0n) is 11.1. The number of alkyl halides is 1. The molecule has 0 fully saturated rings. The van der Waals surface area contributed by atoms with Gasteiger partial charge in [0.05, 0.1) is 0 Å². The first kappa shape index (κ1) is 16.3. The van der Waals surface area contributed by atoms with Crippen molar-refractivity contribution in [2.45, 2.75) is 39.7 Å². The maximum absolute atomic E-state index is 11.3. The van der Waals surface area contributed by atoms with Gasteiger partial charge in [0.1, 0.15) is 5.60 Å². The van der Waals surface area contributed by atoms with Gasteiger partial charge in [0, 0.05) is 24.1 Å². The first-order valence-corrected chi connectivity index (χ1v) is 6.97. The van der Waals surface area contributed by atoms with Crippen molar-refractivity contribution in [1.29, 1.82) is 0 Å². The van der Waals surface area contributed by atoms with Crippen LogP contribution in [0.4, 0.5) is 4.79 Å². The number of nitrogens with one attached hydrogen (secondary N) is 2. The number of ether oxygens (including phenoxy) is 1. The van der Waals surface area contributed by atoms with Gasteiger partial charge in [-0.15, -0.1) is 0 Å². The van der Waals surface area contributed by atoms with Crippen molar-refractivity contribution in [3.05, 3.63) is 11.8 Å². The summed E-state index contributed by atoms with van der Waals surface area (Å²) in [6.45, 7) is 8.86. The van der Waals surface area contributed by atoms with Crippen molar-refractivity contribution in [3.8, 4) is 0 Å². The molecule has 0 aromatic rings. The van der Waals surface area contributed by atoms with Crippen LogP contribution in [0.25, 0.3) is 0 Å². The monoisotopic (exact) mass is 306 g/mol. The van der Waals surface area contributed by atoms with Crippen molar-refractivity contribution in [3.63, 3.8) is 0 Å². The molecule has 0 aromatic heterocycles. The highest BCUT2D eigenvalue weighted by atomic mass is 79.9. The van der Waals surface area contributed by atoms with Crippen molar-refractivity contribution in [1.82, 2.24) is 10.6 Å². The molecule has 0 aliphatic carbocycles. The van der Waals surface area contributed by atoms with Crippen molar-refractivity contribution >= 4 is 22.0 Å². The molecule has 0 aliphatic heterocycles. The molecule has 17 heavy (non-hydrogen) atoms. The van der Waals surface area contributed by atoms with E-state index in [0.29, 0.717) is 13.1 Å². The Balaban J connectivity index is 3.71. The summed E-state index contributed by atoms with van der Waals surface area (Å²) >= 11 is 3.39. The lowest BCUT2D eigenvalue weighted by Crippen LogP contribution is -2.36. The van der Waals surface area contributed by atoms with Gasteiger partial charge in [0.2, 0.25) is 0 Å². The van der Waals surface area contributed by atoms with E-state index in [1.807, 2.05) is 20.8 Å². The molecule has 2 N–H and O–H groups in total. The molecule has 0 spiro atoms. The summed E-state index contributed by atoms with van der Waals surface area (Å²) in [7, 11) is 0. The Morgan fingerprint density at radius 3 is 2.35 bits per heavy atom. The normalized spacial score (nSPS) is 12.2. The Bertz CT molecular complexity index is 260. The predicted molar refractivity (Wildman–Crippen MR) is 74.4 cm³/mol. The molecule has 1 amide bonds. The summed E-state index contributed by atoms with van der Waals surface area (Å²) in [6, 6.07) is 0. The van der Waals surface area contributed by atoms with E-state index in [1.54, 1.807) is 0 Å². The molecule has 5 heteroatoms. The number of hydrogen-bond donors (Lipinski definition) is 2. The van der Waals surface area contributed by atoms with Crippen molar-refractivity contribution < 1.29 is 9.53 Å². The fourth-order valence-corrected chi connectivity index (χ4v) is 1.55. The Morgan fingerprint density at radius 1 is 1.29 bits per heavy atom. The van der Waals surface area contributed by atoms with Gasteiger partial charge < -0.3 is 15.4 Å². The average molecular weight is 307 g/mol. The van der Waals surface area contributed by atoms with E-state index in [-0.39, 0.29) is 6.09 Å². The molecule has 0 saturated carbocycles. The van der Waals surface area contributed by atoms with Gasteiger partial charge in [-0.1, -0.05) is 28.9 Å². The zero-order valence-corrected chi connectivity index (χ0v) is 12.7. The second kappa shape index (κ2) is 8.39. The van der Waals surface area contributed by atoms with Crippen molar-refractivity contribution in [2.75, 3.05) is 18.4 Å². The molecule has 0 radical (unpaired) electrons. The van der Waals surface area contributed by atoms with E-state index in [2.05, 4.69) is 39.6 Å². The smallest absolute Gasteiger partial charge is 0.407 e. The number of alkyl carbamates (subject to hydrolysis) is 1. The first-order valence-electron chi connectivity index (χ1n) is 5.84. The lowest BCUT2D eigenvalue weighted by molar-refractivity contribution is 0.0528. The van der Waals surface area contributed by atoms with Gasteiger partial charge in [0.15, 0.2) is 0 Å². The topological polar surface area (TPSA) is 50.4 Å². The van der Waals surface area contributed by atoms with Crippen LogP contribution in [0.5, 0.6) is 0 Å². The Hall–Kier alpha value is -0.710. The minimum Gasteiger partial charge on any atom is -0.444 e. The van der Waals surface area contributed by atoms with Crippen molar-refractivity contribution in [2.24, 2.45) is 0 Å². The summed E-state index contributed by atoms with van der Waals surface area (Å²) in [5.74, 6) is 0. The van der Waals surface area contributed by atoms with E-state index in [1.165, 1.54) is 0 Å². The van der Waals surface area contributed by atoms with Gasteiger partial charge in [0.25, 0.3) is 0 Å². The van der Waals surface area contributed by atoms with Crippen LogP contribution in [0.15, 0.2) is 11.8 Å². The number of carbonyl (C=O) groups excluding carboxylic acids is 1. The highest BCUT2D eigenvalue weighted by Gasteiger charge is 2.15. The second-order valence-electron chi connectivity index (χ2n) is 4.63. The third-order valence-corrected chi connectivity index (χ3v) is 2.34. The van der Waals surface area contributed by atoms with Crippen LogP contribution in [0, 0.1) is 0 Å². The van der Waals surface area contributed by atoms with Gasteiger partial charge in [-0.3, -0.25) is 0 Å². The van der Waals surface area contributed by atoms with Crippen LogP contribution in [0.2, 0.25) is 0 Å². The lowest BCUT2D eigenvalue weighted by atomic mass is 10.2. The summed E-state index contributed by atoms with van der Waals surface area (Å²) in [5.41, 5.74) is 0.694. The molecule has 0 aromatic carbocycles. The number of allylic oxidation sites excluding steroid dienone is 2. The molecule has 0 rings (SSSR count). The average Bonchev–Trinajstić information content (AvgIpc) is 2.20. The molecule has 0 bridgehead atoms. The van der Waals surface area contributed by atoms with Gasteiger partial charge in [-0.05, 0) is 27.2 Å². The van der Waals surface area contributed by atoms with Crippen LogP contribution < -0.4 is 10.6 Å². The SMILES string of the molecule is CCC=C(CBr)NCCNC(=O)OC(C)(C)C. The first-order chi connectivity index (χ1) is 7.89. The molecule has 0 saturated heterocycles.